The number of rotatable bonds is 12. The standard InChI is InChI=1S/C24H43NO17.C2H6O/c1-7-13(25-9-2-8(3-26)14(31)18(35)15(9)32)17(34)20(37)24(40-7)42-22-12(5-28)41-23(21(38)19(22)36)39-6-11(30)16(33)10(29)4-27;1-2-3/h2,7,9-38H,3-6H2,1H3;3H,2H2,1H3. The lowest BCUT2D eigenvalue weighted by Gasteiger charge is -2.47. The summed E-state index contributed by atoms with van der Waals surface area (Å²) in [6.07, 6.45) is -22.8. The Kier molecular flexibility index (Phi) is 16.5. The van der Waals surface area contributed by atoms with Gasteiger partial charge in [-0.15, -0.1) is 0 Å². The van der Waals surface area contributed by atoms with Crippen LogP contribution in [-0.2, 0) is 18.9 Å². The average molecular weight is 664 g/mol. The van der Waals surface area contributed by atoms with Crippen LogP contribution in [0.15, 0.2) is 11.6 Å². The van der Waals surface area contributed by atoms with Gasteiger partial charge in [0.15, 0.2) is 12.6 Å². The molecular formula is C26H49NO18. The largest absolute Gasteiger partial charge is 0.397 e. The Morgan fingerprint density at radius 2 is 1.40 bits per heavy atom. The highest BCUT2D eigenvalue weighted by Crippen LogP contribution is 2.30. The molecule has 0 saturated carbocycles. The molecule has 2 saturated heterocycles. The minimum atomic E-state index is -1.84. The van der Waals surface area contributed by atoms with Crippen LogP contribution in [0.3, 0.4) is 0 Å². The Labute approximate surface area is 258 Å². The predicted octanol–water partition coefficient (Wildman–Crippen LogP) is -8.29. The van der Waals surface area contributed by atoms with E-state index in [-0.39, 0.29) is 12.2 Å². The van der Waals surface area contributed by atoms with Crippen LogP contribution < -0.4 is 5.32 Å². The van der Waals surface area contributed by atoms with E-state index in [2.05, 4.69) is 5.32 Å². The fourth-order valence-electron chi connectivity index (χ4n) is 5.11. The topological polar surface area (TPSA) is 332 Å². The number of hydrogen-bond acceptors (Lipinski definition) is 19. The van der Waals surface area contributed by atoms with Gasteiger partial charge in [-0.25, -0.2) is 0 Å². The minimum absolute atomic E-state index is 0.0292. The molecule has 0 spiro atoms. The Bertz CT molecular complexity index is 885. The third-order valence-electron chi connectivity index (χ3n) is 7.75. The molecule has 2 fully saturated rings. The normalized spacial score (nSPS) is 42.6. The molecule has 3 rings (SSSR count). The maximum atomic E-state index is 10.8. The molecule has 15 N–H and O–H groups in total. The smallest absolute Gasteiger partial charge is 0.187 e. The molecule has 0 aromatic carbocycles. The van der Waals surface area contributed by atoms with E-state index >= 15 is 0 Å². The Morgan fingerprint density at radius 1 is 0.800 bits per heavy atom. The molecule has 0 radical (unpaired) electrons. The first-order valence-corrected chi connectivity index (χ1v) is 14.5. The highest BCUT2D eigenvalue weighted by atomic mass is 16.7. The molecule has 17 atom stereocenters. The van der Waals surface area contributed by atoms with E-state index in [0.29, 0.717) is 0 Å². The van der Waals surface area contributed by atoms with Gasteiger partial charge in [0.1, 0.15) is 73.2 Å². The lowest BCUT2D eigenvalue weighted by atomic mass is 9.86. The molecule has 19 nitrogen and oxygen atoms in total. The zero-order valence-electron chi connectivity index (χ0n) is 24.8. The molecule has 266 valence electrons. The molecule has 0 bridgehead atoms. The van der Waals surface area contributed by atoms with Crippen molar-refractivity contribution in [1.29, 1.82) is 0 Å². The molecule has 2 aliphatic heterocycles. The summed E-state index contributed by atoms with van der Waals surface area (Å²) in [6, 6.07) is -2.14. The number of hydrogen-bond donors (Lipinski definition) is 15. The molecule has 3 aliphatic rings. The van der Waals surface area contributed by atoms with Crippen LogP contribution in [0, 0.1) is 0 Å². The second-order valence-electron chi connectivity index (χ2n) is 11.0. The van der Waals surface area contributed by atoms with Crippen molar-refractivity contribution in [3.8, 4) is 0 Å². The summed E-state index contributed by atoms with van der Waals surface area (Å²) in [4.78, 5) is 0. The van der Waals surface area contributed by atoms with E-state index in [1.807, 2.05) is 0 Å². The zero-order valence-corrected chi connectivity index (χ0v) is 24.8. The summed E-state index contributed by atoms with van der Waals surface area (Å²) in [7, 11) is 0. The molecule has 19 heteroatoms. The molecule has 45 heavy (non-hydrogen) atoms. The number of ether oxygens (including phenoxy) is 4. The maximum Gasteiger partial charge on any atom is 0.187 e. The van der Waals surface area contributed by atoms with Gasteiger partial charge in [-0.1, -0.05) is 6.08 Å². The SMILES string of the molecule is CC1OC(OC2C(CO)OC(OCC(O)C(O)C(O)CO)C(O)C2O)C(O)C(O)C1NC1C=C(CO)C(O)C(O)C1O.CCO. The Balaban J connectivity index is 0.00000226. The molecule has 0 aromatic rings. The molecular weight excluding hydrogens is 614 g/mol. The van der Waals surface area contributed by atoms with Gasteiger partial charge in [0, 0.05) is 6.61 Å². The first-order valence-electron chi connectivity index (χ1n) is 14.5. The monoisotopic (exact) mass is 663 g/mol. The third-order valence-corrected chi connectivity index (χ3v) is 7.75. The van der Waals surface area contributed by atoms with Crippen LogP contribution in [0.4, 0.5) is 0 Å². The van der Waals surface area contributed by atoms with Crippen LogP contribution in [0.2, 0.25) is 0 Å². The van der Waals surface area contributed by atoms with E-state index in [9.17, 15) is 61.3 Å². The van der Waals surface area contributed by atoms with Crippen molar-refractivity contribution in [2.45, 2.75) is 118 Å². The minimum Gasteiger partial charge on any atom is -0.397 e. The molecule has 17 unspecified atom stereocenters. The summed E-state index contributed by atoms with van der Waals surface area (Å²) in [5.41, 5.74) is 0.0292. The first kappa shape index (κ1) is 40.2. The quantitative estimate of drug-likeness (QED) is 0.0862. The summed E-state index contributed by atoms with van der Waals surface area (Å²) in [5.74, 6) is 0. The first-order chi connectivity index (χ1) is 21.2. The summed E-state index contributed by atoms with van der Waals surface area (Å²) in [5, 5.41) is 141. The van der Waals surface area contributed by atoms with Gasteiger partial charge in [0.25, 0.3) is 0 Å². The summed E-state index contributed by atoms with van der Waals surface area (Å²) in [6.45, 7) is 0.456. The highest BCUT2D eigenvalue weighted by molar-refractivity contribution is 5.22. The van der Waals surface area contributed by atoms with Gasteiger partial charge in [-0.05, 0) is 19.4 Å². The van der Waals surface area contributed by atoms with E-state index < -0.39 is 130 Å². The van der Waals surface area contributed by atoms with Crippen molar-refractivity contribution in [3.05, 3.63) is 11.6 Å². The van der Waals surface area contributed by atoms with Gasteiger partial charge < -0.3 is 95.8 Å². The van der Waals surface area contributed by atoms with Crippen molar-refractivity contribution in [2.24, 2.45) is 0 Å². The van der Waals surface area contributed by atoms with Crippen LogP contribution in [0.25, 0.3) is 0 Å². The van der Waals surface area contributed by atoms with Crippen LogP contribution >= 0.6 is 0 Å². The number of aliphatic hydroxyl groups excluding tert-OH is 14. The fourth-order valence-corrected chi connectivity index (χ4v) is 5.11. The van der Waals surface area contributed by atoms with Crippen molar-refractivity contribution in [2.75, 3.05) is 33.0 Å². The Morgan fingerprint density at radius 3 is 1.96 bits per heavy atom. The second kappa shape index (κ2) is 18.5. The van der Waals surface area contributed by atoms with Gasteiger partial charge in [0.05, 0.1) is 44.6 Å². The highest BCUT2D eigenvalue weighted by Gasteiger charge is 2.51. The maximum absolute atomic E-state index is 10.8. The Hall–Kier alpha value is -1.02. The van der Waals surface area contributed by atoms with Crippen LogP contribution in [0.1, 0.15) is 13.8 Å². The van der Waals surface area contributed by atoms with Crippen molar-refractivity contribution < 1.29 is 90.4 Å². The van der Waals surface area contributed by atoms with E-state index in [0.717, 1.165) is 0 Å². The summed E-state index contributed by atoms with van der Waals surface area (Å²) < 4.78 is 21.9. The number of nitrogens with one attached hydrogen (secondary N) is 1. The molecule has 0 amide bonds. The van der Waals surface area contributed by atoms with Gasteiger partial charge in [0.2, 0.25) is 0 Å². The molecule has 1 aliphatic carbocycles. The van der Waals surface area contributed by atoms with Crippen LogP contribution in [0.5, 0.6) is 0 Å². The van der Waals surface area contributed by atoms with Gasteiger partial charge >= 0.3 is 0 Å². The average Bonchev–Trinajstić information content (AvgIpc) is 3.02. The van der Waals surface area contributed by atoms with Crippen LogP contribution in [-0.4, -0.2) is 209 Å². The third kappa shape index (κ3) is 9.76. The van der Waals surface area contributed by atoms with Crippen molar-refractivity contribution in [1.82, 2.24) is 5.32 Å². The fraction of sp³-hybridized carbons (Fsp3) is 0.923. The molecule has 0 aromatic heterocycles. The van der Waals surface area contributed by atoms with E-state index in [4.69, 9.17) is 29.2 Å². The lowest BCUT2D eigenvalue weighted by Crippen LogP contribution is -2.68. The lowest BCUT2D eigenvalue weighted by molar-refractivity contribution is -0.352. The molecule has 2 heterocycles. The van der Waals surface area contributed by atoms with E-state index in [1.54, 1.807) is 6.92 Å². The summed E-state index contributed by atoms with van der Waals surface area (Å²) >= 11 is 0. The van der Waals surface area contributed by atoms with E-state index in [1.165, 1.54) is 13.0 Å². The van der Waals surface area contributed by atoms with Crippen molar-refractivity contribution in [3.63, 3.8) is 0 Å². The second-order valence-corrected chi connectivity index (χ2v) is 11.0. The number of aliphatic hydroxyl groups is 14. The zero-order chi connectivity index (χ0) is 34.2. The van der Waals surface area contributed by atoms with Gasteiger partial charge in [-0.2, -0.15) is 0 Å². The van der Waals surface area contributed by atoms with Gasteiger partial charge in [-0.3, -0.25) is 0 Å². The van der Waals surface area contributed by atoms with Crippen molar-refractivity contribution >= 4 is 0 Å². The predicted molar refractivity (Wildman–Crippen MR) is 147 cm³/mol.